The summed E-state index contributed by atoms with van der Waals surface area (Å²) in [4.78, 5) is 3.45. The van der Waals surface area contributed by atoms with Gasteiger partial charge in [-0.25, -0.2) is 4.73 Å². The summed E-state index contributed by atoms with van der Waals surface area (Å²) in [5.41, 5.74) is 10.3. The quantitative estimate of drug-likeness (QED) is 0.346. The fourth-order valence-corrected chi connectivity index (χ4v) is 0.698. The second kappa shape index (κ2) is 3.45. The van der Waals surface area contributed by atoms with E-state index in [1.165, 1.54) is 6.07 Å². The van der Waals surface area contributed by atoms with Gasteiger partial charge in [-0.3, -0.25) is 0 Å². The maximum Gasteiger partial charge on any atom is 0.345 e. The van der Waals surface area contributed by atoms with E-state index in [-0.39, 0.29) is 29.3 Å². The topological polar surface area (TPSA) is 91.9 Å². The third-order valence-corrected chi connectivity index (χ3v) is 1.12. The Morgan fingerprint density at radius 2 is 2.09 bits per heavy atom. The number of aromatic nitrogens is 2. The highest BCUT2D eigenvalue weighted by Gasteiger charge is 2.03. The first-order valence-corrected chi connectivity index (χ1v) is 2.80. The van der Waals surface area contributed by atoms with Crippen LogP contribution in [0.1, 0.15) is 0 Å². The van der Waals surface area contributed by atoms with Gasteiger partial charge < -0.3 is 16.7 Å². The molecule has 0 aliphatic heterocycles. The van der Waals surface area contributed by atoms with Gasteiger partial charge in [0.05, 0.1) is 6.07 Å². The van der Waals surface area contributed by atoms with E-state index in [1.807, 2.05) is 0 Å². The van der Waals surface area contributed by atoms with E-state index in [2.05, 4.69) is 4.98 Å². The molecule has 0 atom stereocenters. The van der Waals surface area contributed by atoms with E-state index in [0.717, 1.165) is 0 Å². The molecule has 1 aromatic rings. The zero-order valence-corrected chi connectivity index (χ0v) is 6.89. The summed E-state index contributed by atoms with van der Waals surface area (Å²) >= 11 is 5.40. The van der Waals surface area contributed by atoms with Gasteiger partial charge in [-0.2, -0.15) is 0 Å². The van der Waals surface area contributed by atoms with Gasteiger partial charge in [-0.1, -0.05) is 4.98 Å². The molecule has 0 saturated carbocycles. The first kappa shape index (κ1) is 10.1. The fourth-order valence-electron chi connectivity index (χ4n) is 0.500. The molecule has 4 N–H and O–H groups in total. The van der Waals surface area contributed by atoms with Crippen LogP contribution in [0.4, 0.5) is 11.8 Å². The molecule has 0 aliphatic carbocycles. The van der Waals surface area contributed by atoms with E-state index in [9.17, 15) is 5.21 Å². The van der Waals surface area contributed by atoms with Crippen LogP contribution in [-0.2, 0) is 0 Å². The van der Waals surface area contributed by atoms with Gasteiger partial charge in [-0.15, -0.1) is 12.4 Å². The van der Waals surface area contributed by atoms with Crippen molar-refractivity contribution in [1.82, 2.24) is 4.98 Å². The van der Waals surface area contributed by atoms with Gasteiger partial charge in [0, 0.05) is 0 Å². The van der Waals surface area contributed by atoms with Crippen molar-refractivity contribution in [2.24, 2.45) is 0 Å². The highest BCUT2D eigenvalue weighted by molar-refractivity contribution is 6.29. The predicted molar refractivity (Wildman–Crippen MR) is 44.3 cm³/mol. The van der Waals surface area contributed by atoms with Crippen molar-refractivity contribution in [3.8, 4) is 0 Å². The number of nitrogens with two attached hydrogens (primary N) is 2. The SMILES string of the molecule is Cl.Nc1cc(Cl)nc(N)[n+]1[O-]. The third kappa shape index (κ3) is 1.99. The molecule has 5 nitrogen and oxygen atoms in total. The summed E-state index contributed by atoms with van der Waals surface area (Å²) in [6.07, 6.45) is 0. The largest absolute Gasteiger partial charge is 0.754 e. The average molecular weight is 197 g/mol. The number of halogens is 2. The molecule has 0 aromatic carbocycles. The van der Waals surface area contributed by atoms with Crippen LogP contribution in [-0.4, -0.2) is 4.98 Å². The van der Waals surface area contributed by atoms with Gasteiger partial charge in [-0.05, 0) is 11.6 Å². The number of rotatable bonds is 0. The third-order valence-electron chi connectivity index (χ3n) is 0.931. The van der Waals surface area contributed by atoms with Crippen LogP contribution < -0.4 is 16.2 Å². The second-order valence-corrected chi connectivity index (χ2v) is 2.04. The monoisotopic (exact) mass is 196 g/mol. The van der Waals surface area contributed by atoms with Gasteiger partial charge in [0.2, 0.25) is 0 Å². The molecule has 1 aromatic heterocycles. The first-order valence-electron chi connectivity index (χ1n) is 2.42. The highest BCUT2D eigenvalue weighted by atomic mass is 35.5. The van der Waals surface area contributed by atoms with E-state index in [1.54, 1.807) is 0 Å². The van der Waals surface area contributed by atoms with E-state index < -0.39 is 0 Å². The number of anilines is 2. The van der Waals surface area contributed by atoms with Crippen molar-refractivity contribution in [2.75, 3.05) is 11.5 Å². The Bertz CT molecular complexity index is 243. The van der Waals surface area contributed by atoms with Crippen molar-refractivity contribution in [1.29, 1.82) is 0 Å². The Balaban J connectivity index is 0.000001000. The Hall–Kier alpha value is -0.940. The summed E-state index contributed by atoms with van der Waals surface area (Å²) in [6, 6.07) is 1.23. The van der Waals surface area contributed by atoms with Gasteiger partial charge in [0.15, 0.2) is 11.0 Å². The van der Waals surface area contributed by atoms with Crippen LogP contribution >= 0.6 is 24.0 Å². The molecule has 7 heteroatoms. The lowest BCUT2D eigenvalue weighted by molar-refractivity contribution is -0.577. The van der Waals surface area contributed by atoms with E-state index in [0.29, 0.717) is 4.73 Å². The first-order chi connectivity index (χ1) is 4.61. The van der Waals surface area contributed by atoms with E-state index in [4.69, 9.17) is 23.1 Å². The Morgan fingerprint density at radius 3 is 2.55 bits per heavy atom. The van der Waals surface area contributed by atoms with Crippen molar-refractivity contribution < 1.29 is 4.73 Å². The van der Waals surface area contributed by atoms with Gasteiger partial charge in [0.1, 0.15) is 0 Å². The molecule has 0 bridgehead atoms. The molecule has 62 valence electrons. The Morgan fingerprint density at radius 1 is 1.55 bits per heavy atom. The highest BCUT2D eigenvalue weighted by Crippen LogP contribution is 2.06. The number of hydrogen-bond acceptors (Lipinski definition) is 4. The number of nitrogen functional groups attached to an aromatic ring is 2. The number of nitrogens with zero attached hydrogens (tertiary/aromatic N) is 2. The molecule has 0 saturated heterocycles. The Kier molecular flexibility index (Phi) is 3.16. The van der Waals surface area contributed by atoms with Crippen LogP contribution in [0.2, 0.25) is 5.15 Å². The molecule has 11 heavy (non-hydrogen) atoms. The Labute approximate surface area is 74.0 Å². The summed E-state index contributed by atoms with van der Waals surface area (Å²) in [6.45, 7) is 0. The second-order valence-electron chi connectivity index (χ2n) is 1.66. The molecule has 0 fully saturated rings. The standard InChI is InChI=1S/C4H5ClN4O.ClH/c5-2-1-3(6)9(10)4(7)8-2;/h1H,6H2,(H2,7,8);1H. The van der Waals surface area contributed by atoms with Crippen LogP contribution in [0.25, 0.3) is 0 Å². The van der Waals surface area contributed by atoms with Crippen molar-refractivity contribution in [3.63, 3.8) is 0 Å². The maximum atomic E-state index is 10.7. The van der Waals surface area contributed by atoms with Gasteiger partial charge in [0.25, 0.3) is 0 Å². The van der Waals surface area contributed by atoms with Crippen molar-refractivity contribution in [3.05, 3.63) is 16.4 Å². The molecule has 0 amide bonds. The molecule has 1 rings (SSSR count). The summed E-state index contributed by atoms with van der Waals surface area (Å²) in [5.74, 6) is -0.303. The zero-order valence-electron chi connectivity index (χ0n) is 5.32. The minimum Gasteiger partial charge on any atom is -0.754 e. The van der Waals surface area contributed by atoms with Crippen molar-refractivity contribution >= 4 is 35.8 Å². The molecule has 0 spiro atoms. The minimum absolute atomic E-state index is 0. The maximum absolute atomic E-state index is 10.7. The normalized spacial score (nSPS) is 8.82. The van der Waals surface area contributed by atoms with E-state index >= 15 is 0 Å². The van der Waals surface area contributed by atoms with Crippen LogP contribution in [0.5, 0.6) is 0 Å². The number of hydrogen-bond donors (Lipinski definition) is 2. The van der Waals surface area contributed by atoms with Crippen LogP contribution in [0.15, 0.2) is 6.07 Å². The van der Waals surface area contributed by atoms with Gasteiger partial charge >= 0.3 is 5.95 Å². The lowest BCUT2D eigenvalue weighted by atomic mass is 10.6. The molecule has 0 unspecified atom stereocenters. The molecular weight excluding hydrogens is 191 g/mol. The molecule has 0 radical (unpaired) electrons. The van der Waals surface area contributed by atoms with Crippen LogP contribution in [0, 0.1) is 5.21 Å². The smallest absolute Gasteiger partial charge is 0.345 e. The summed E-state index contributed by atoms with van der Waals surface area (Å²) < 4.78 is 0.297. The lowest BCUT2D eigenvalue weighted by Crippen LogP contribution is -2.35. The zero-order chi connectivity index (χ0) is 7.72. The summed E-state index contributed by atoms with van der Waals surface area (Å²) in [7, 11) is 0. The summed E-state index contributed by atoms with van der Waals surface area (Å²) in [5, 5.41) is 10.8. The molecule has 1 heterocycles. The lowest BCUT2D eigenvalue weighted by Gasteiger charge is -2.07. The molecule has 0 aliphatic rings. The average Bonchev–Trinajstić information content (AvgIpc) is 1.82. The predicted octanol–water partition coefficient (Wildman–Crippen LogP) is -0.0454. The fraction of sp³-hybridized carbons (Fsp3) is 0. The van der Waals surface area contributed by atoms with Crippen molar-refractivity contribution in [2.45, 2.75) is 0 Å². The minimum atomic E-state index is -0.245. The van der Waals surface area contributed by atoms with Crippen LogP contribution in [0.3, 0.4) is 0 Å². The molecular formula is C4H6Cl2N4O.